The number of ether oxygens (including phenoxy) is 1. The predicted octanol–water partition coefficient (Wildman–Crippen LogP) is -0.338. The van der Waals surface area contributed by atoms with Gasteiger partial charge in [0.05, 0.1) is 11.0 Å². The minimum Gasteiger partial charge on any atom is -0.498 e. The largest absolute Gasteiger partial charge is 0.498 e. The van der Waals surface area contributed by atoms with E-state index in [1.807, 2.05) is 55.0 Å². The smallest absolute Gasteiger partial charge is 0.228 e. The maximum absolute atomic E-state index is 10.2. The van der Waals surface area contributed by atoms with Crippen molar-refractivity contribution >= 4 is 46.2 Å². The summed E-state index contributed by atoms with van der Waals surface area (Å²) < 4.78 is 8.01. The van der Waals surface area contributed by atoms with Gasteiger partial charge in [-0.25, -0.2) is 9.50 Å². The fourth-order valence-corrected chi connectivity index (χ4v) is 4.21. The number of rotatable bonds is 5. The zero-order valence-electron chi connectivity index (χ0n) is 18.9. The van der Waals surface area contributed by atoms with Crippen molar-refractivity contribution in [3.05, 3.63) is 30.9 Å². The normalized spacial score (nSPS) is 21.8. The van der Waals surface area contributed by atoms with Gasteiger partial charge in [-0.2, -0.15) is 15.1 Å². The highest BCUT2D eigenvalue weighted by molar-refractivity contribution is 6.58. The molecule has 32 heavy (non-hydrogen) atoms. The highest BCUT2D eigenvalue weighted by Crippen LogP contribution is 2.36. The Morgan fingerprint density at radius 3 is 2.81 bits per heavy atom. The van der Waals surface area contributed by atoms with Crippen LogP contribution in [0.4, 0.5) is 5.95 Å². The SMILES string of the molecule is BC(B)(B)Oc1nc(N[C@H]2CC[C@](C)(O)CC2)nc2[nH]cc(-c3ccn4ncnc4c3)c12. The van der Waals surface area contributed by atoms with Gasteiger partial charge in [-0.1, -0.05) is 0 Å². The lowest BCUT2D eigenvalue weighted by Crippen LogP contribution is -2.38. The number of nitrogens with zero attached hydrogens (tertiary/aromatic N) is 5. The van der Waals surface area contributed by atoms with Gasteiger partial charge in [0.15, 0.2) is 5.65 Å². The molecule has 1 saturated carbocycles. The van der Waals surface area contributed by atoms with E-state index in [1.165, 1.54) is 6.33 Å². The molecule has 1 aliphatic rings. The molecular weight excluding hydrogens is 403 g/mol. The van der Waals surface area contributed by atoms with Crippen molar-refractivity contribution in [1.29, 1.82) is 0 Å². The monoisotopic (exact) mass is 429 g/mol. The summed E-state index contributed by atoms with van der Waals surface area (Å²) in [6.45, 7) is 1.90. The molecule has 0 unspecified atom stereocenters. The number of aliphatic hydroxyl groups is 1. The van der Waals surface area contributed by atoms with Gasteiger partial charge in [-0.05, 0) is 50.3 Å². The lowest BCUT2D eigenvalue weighted by atomic mass is 9.52. The van der Waals surface area contributed by atoms with Gasteiger partial charge in [0.1, 0.15) is 35.5 Å². The number of fused-ring (bicyclic) bond motifs is 2. The minimum atomic E-state index is -0.580. The summed E-state index contributed by atoms with van der Waals surface area (Å²) in [5, 5.41) is 18.3. The zero-order valence-corrected chi connectivity index (χ0v) is 18.9. The molecule has 3 N–H and O–H groups in total. The molecule has 0 atom stereocenters. The molecule has 4 aromatic heterocycles. The van der Waals surface area contributed by atoms with E-state index in [2.05, 4.69) is 20.4 Å². The highest BCUT2D eigenvalue weighted by atomic mass is 16.5. The second-order valence-electron chi connectivity index (χ2n) is 9.89. The molecule has 5 rings (SSSR count). The first-order chi connectivity index (χ1) is 15.2. The third-order valence-electron chi connectivity index (χ3n) is 5.89. The minimum absolute atomic E-state index is 0.222. The van der Waals surface area contributed by atoms with E-state index in [1.54, 1.807) is 4.52 Å². The summed E-state index contributed by atoms with van der Waals surface area (Å²) in [6.07, 6.45) is 8.62. The number of hydrogen-bond donors (Lipinski definition) is 3. The number of pyridine rings is 1. The molecule has 4 heterocycles. The van der Waals surface area contributed by atoms with E-state index in [-0.39, 0.29) is 6.04 Å². The fraction of sp³-hybridized carbons (Fsp3) is 0.400. The van der Waals surface area contributed by atoms with Crippen molar-refractivity contribution in [2.24, 2.45) is 0 Å². The van der Waals surface area contributed by atoms with Crippen molar-refractivity contribution in [2.75, 3.05) is 5.32 Å². The van der Waals surface area contributed by atoms with Gasteiger partial charge >= 0.3 is 0 Å². The van der Waals surface area contributed by atoms with Crippen molar-refractivity contribution in [1.82, 2.24) is 29.5 Å². The maximum atomic E-state index is 10.2. The highest BCUT2D eigenvalue weighted by Gasteiger charge is 2.29. The predicted molar refractivity (Wildman–Crippen MR) is 131 cm³/mol. The lowest BCUT2D eigenvalue weighted by Gasteiger charge is -2.33. The molecule has 0 saturated heterocycles. The standard InChI is InChI=1S/C20H26B3N7O2/c1-19(31)5-2-12(3-6-19)27-18-28-16-15(17(29-18)32-20(21,22)23)13(9-24-16)11-4-7-30-14(8-11)25-10-26-30/h4,7-10,12,31H,2-3,5-6,21-23H2,1H3,(H2,24,27,28,29)/t12-,19-. The van der Waals surface area contributed by atoms with E-state index < -0.39 is 10.9 Å². The summed E-state index contributed by atoms with van der Waals surface area (Å²) in [4.78, 5) is 17.1. The Hall–Kier alpha value is -3.01. The second kappa shape index (κ2) is 7.55. The first-order valence-corrected chi connectivity index (χ1v) is 11.0. The number of nitrogens with one attached hydrogen (secondary N) is 2. The van der Waals surface area contributed by atoms with E-state index >= 15 is 0 Å². The van der Waals surface area contributed by atoms with E-state index in [0.29, 0.717) is 17.5 Å². The van der Waals surface area contributed by atoms with Crippen molar-refractivity contribution in [2.45, 2.75) is 49.5 Å². The van der Waals surface area contributed by atoms with Crippen LogP contribution in [0.1, 0.15) is 32.6 Å². The molecule has 1 aliphatic carbocycles. The van der Waals surface area contributed by atoms with E-state index in [9.17, 15) is 5.11 Å². The van der Waals surface area contributed by atoms with Crippen LogP contribution in [0.15, 0.2) is 30.9 Å². The van der Waals surface area contributed by atoms with Crippen LogP contribution < -0.4 is 10.1 Å². The maximum Gasteiger partial charge on any atom is 0.228 e. The quantitative estimate of drug-likeness (QED) is 0.373. The van der Waals surface area contributed by atoms with Gasteiger partial charge in [0, 0.05) is 29.3 Å². The van der Waals surface area contributed by atoms with Crippen LogP contribution in [0.25, 0.3) is 27.8 Å². The Balaban J connectivity index is 1.54. The van der Waals surface area contributed by atoms with Crippen molar-refractivity contribution < 1.29 is 9.84 Å². The number of aromatic nitrogens is 6. The van der Waals surface area contributed by atoms with Crippen LogP contribution in [-0.4, -0.2) is 75.1 Å². The average molecular weight is 429 g/mol. The van der Waals surface area contributed by atoms with Crippen LogP contribution in [0.5, 0.6) is 5.88 Å². The van der Waals surface area contributed by atoms with Crippen molar-refractivity contribution in [3.8, 4) is 17.0 Å². The summed E-state index contributed by atoms with van der Waals surface area (Å²) in [5.41, 5.74) is 2.83. The molecule has 1 fully saturated rings. The Bertz CT molecular complexity index is 1270. The van der Waals surface area contributed by atoms with Crippen molar-refractivity contribution in [3.63, 3.8) is 0 Å². The number of hydrogen-bond acceptors (Lipinski definition) is 7. The number of H-pyrrole nitrogens is 1. The molecule has 4 aromatic rings. The van der Waals surface area contributed by atoms with Crippen LogP contribution in [0.2, 0.25) is 0 Å². The van der Waals surface area contributed by atoms with Gasteiger partial charge < -0.3 is 20.1 Å². The Morgan fingerprint density at radius 1 is 1.28 bits per heavy atom. The molecule has 0 amide bonds. The van der Waals surface area contributed by atoms with Gasteiger partial charge in [0.25, 0.3) is 0 Å². The second-order valence-corrected chi connectivity index (χ2v) is 9.89. The van der Waals surface area contributed by atoms with Gasteiger partial charge in [0.2, 0.25) is 11.8 Å². The molecule has 9 nitrogen and oxygen atoms in total. The van der Waals surface area contributed by atoms with E-state index in [0.717, 1.165) is 47.8 Å². The fourth-order valence-electron chi connectivity index (χ4n) is 4.21. The third-order valence-corrected chi connectivity index (χ3v) is 5.89. The van der Waals surface area contributed by atoms with Crippen LogP contribution in [0, 0.1) is 0 Å². The first-order valence-electron chi connectivity index (χ1n) is 11.0. The summed E-state index contributed by atoms with van der Waals surface area (Å²) in [7, 11) is 6.02. The Labute approximate surface area is 188 Å². The first kappa shape index (κ1) is 20.9. The molecule has 0 aliphatic heterocycles. The number of aromatic amines is 1. The Kier molecular flexibility index (Phi) is 4.92. The molecule has 162 valence electrons. The molecule has 12 heteroatoms. The van der Waals surface area contributed by atoms with Gasteiger partial charge in [-0.3, -0.25) is 0 Å². The average Bonchev–Trinajstić information content (AvgIpc) is 3.34. The molecule has 0 spiro atoms. The molecule has 0 bridgehead atoms. The Morgan fingerprint density at radius 2 is 2.06 bits per heavy atom. The summed E-state index contributed by atoms with van der Waals surface area (Å²) >= 11 is 0. The van der Waals surface area contributed by atoms with Crippen LogP contribution in [0.3, 0.4) is 0 Å². The van der Waals surface area contributed by atoms with Crippen LogP contribution in [-0.2, 0) is 0 Å². The summed E-state index contributed by atoms with van der Waals surface area (Å²) in [6, 6.07) is 4.20. The molecule has 0 aromatic carbocycles. The van der Waals surface area contributed by atoms with Crippen LogP contribution >= 0.6 is 0 Å². The zero-order chi connectivity index (χ0) is 22.5. The third kappa shape index (κ3) is 4.19. The topological polar surface area (TPSA) is 113 Å². The van der Waals surface area contributed by atoms with Gasteiger partial charge in [-0.15, -0.1) is 0 Å². The summed E-state index contributed by atoms with van der Waals surface area (Å²) in [5.74, 6) is 1.06. The molecule has 0 radical (unpaired) electrons. The number of anilines is 1. The van der Waals surface area contributed by atoms with E-state index in [4.69, 9.17) is 14.7 Å². The molecular formula is C20H26B3N7O2. The lowest BCUT2D eigenvalue weighted by molar-refractivity contribution is 0.0195.